The van der Waals surface area contributed by atoms with Gasteiger partial charge in [0.25, 0.3) is 0 Å². The van der Waals surface area contributed by atoms with Crippen molar-refractivity contribution in [2.24, 2.45) is 5.73 Å². The summed E-state index contributed by atoms with van der Waals surface area (Å²) >= 11 is 0. The van der Waals surface area contributed by atoms with E-state index in [9.17, 15) is 4.39 Å². The Bertz CT molecular complexity index is 361. The maximum atomic E-state index is 13.6. The van der Waals surface area contributed by atoms with Gasteiger partial charge < -0.3 is 10.5 Å². The predicted octanol–water partition coefficient (Wildman–Crippen LogP) is 3.41. The second-order valence-corrected chi connectivity index (χ2v) is 4.66. The fourth-order valence-corrected chi connectivity index (χ4v) is 1.42. The zero-order chi connectivity index (χ0) is 12.3. The molecule has 0 heterocycles. The lowest BCUT2D eigenvalue weighted by atomic mass is 10.0. The molecule has 0 aliphatic rings. The molecule has 0 unspecified atom stereocenters. The Hall–Kier alpha value is -1.09. The van der Waals surface area contributed by atoms with Crippen molar-refractivity contribution >= 4 is 0 Å². The molecule has 90 valence electrons. The van der Waals surface area contributed by atoms with Gasteiger partial charge in [-0.2, -0.15) is 0 Å². The van der Waals surface area contributed by atoms with E-state index >= 15 is 0 Å². The molecular formula is C13H20FNO. The molecule has 1 atom stereocenters. The lowest BCUT2D eigenvalue weighted by molar-refractivity contribution is 0.103. The molecule has 0 spiro atoms. The molecule has 1 rings (SSSR count). The van der Waals surface area contributed by atoms with Crippen LogP contribution in [0.1, 0.15) is 45.7 Å². The molecule has 0 fully saturated rings. The van der Waals surface area contributed by atoms with E-state index in [2.05, 4.69) is 0 Å². The largest absolute Gasteiger partial charge is 0.487 e. The fraction of sp³-hybridized carbons (Fsp3) is 0.538. The molecule has 0 aliphatic carbocycles. The van der Waals surface area contributed by atoms with Crippen LogP contribution in [0.4, 0.5) is 4.39 Å². The third kappa shape index (κ3) is 2.95. The Kier molecular flexibility index (Phi) is 3.92. The highest BCUT2D eigenvalue weighted by Gasteiger charge is 2.21. The average molecular weight is 225 g/mol. The minimum absolute atomic E-state index is 0.306. The van der Waals surface area contributed by atoms with Crippen molar-refractivity contribution in [3.63, 3.8) is 0 Å². The molecule has 2 N–H and O–H groups in total. The summed E-state index contributed by atoms with van der Waals surface area (Å²) in [5, 5.41) is 0. The van der Waals surface area contributed by atoms with Crippen molar-refractivity contribution in [2.75, 3.05) is 0 Å². The van der Waals surface area contributed by atoms with Crippen molar-refractivity contribution in [3.8, 4) is 5.75 Å². The lowest BCUT2D eigenvalue weighted by Crippen LogP contribution is -2.28. The summed E-state index contributed by atoms with van der Waals surface area (Å²) in [5.41, 5.74) is 5.90. The summed E-state index contributed by atoms with van der Waals surface area (Å²) in [6.07, 6.45) is 0.849. The first-order valence-electron chi connectivity index (χ1n) is 5.60. The van der Waals surface area contributed by atoms with E-state index in [1.54, 1.807) is 19.1 Å². The van der Waals surface area contributed by atoms with Crippen LogP contribution in [-0.2, 0) is 0 Å². The predicted molar refractivity (Wildman–Crippen MR) is 64.0 cm³/mol. The van der Waals surface area contributed by atoms with Crippen LogP contribution in [0.2, 0.25) is 0 Å². The van der Waals surface area contributed by atoms with E-state index in [-0.39, 0.29) is 17.5 Å². The van der Waals surface area contributed by atoms with E-state index in [1.807, 2.05) is 20.8 Å². The van der Waals surface area contributed by atoms with Crippen LogP contribution >= 0.6 is 0 Å². The van der Waals surface area contributed by atoms with E-state index in [1.165, 1.54) is 6.07 Å². The summed E-state index contributed by atoms with van der Waals surface area (Å²) in [5.74, 6) is 0.237. The third-order valence-electron chi connectivity index (χ3n) is 2.71. The van der Waals surface area contributed by atoms with Gasteiger partial charge in [-0.25, -0.2) is 4.39 Å². The molecule has 0 bridgehead atoms. The van der Waals surface area contributed by atoms with Gasteiger partial charge in [0.15, 0.2) is 0 Å². The quantitative estimate of drug-likeness (QED) is 0.852. The zero-order valence-electron chi connectivity index (χ0n) is 10.4. The molecule has 1 aromatic carbocycles. The van der Waals surface area contributed by atoms with Crippen LogP contribution in [0.3, 0.4) is 0 Å². The standard InChI is InChI=1S/C13H20FNO/c1-5-13(3,4)16-11-8-6-7-10(14)12(11)9(2)15/h6-9H,5,15H2,1-4H3/t9-/m1/s1. The van der Waals surface area contributed by atoms with Crippen molar-refractivity contribution in [3.05, 3.63) is 29.6 Å². The van der Waals surface area contributed by atoms with Crippen molar-refractivity contribution < 1.29 is 9.13 Å². The van der Waals surface area contributed by atoms with E-state index in [0.717, 1.165) is 6.42 Å². The van der Waals surface area contributed by atoms with Crippen LogP contribution in [0.5, 0.6) is 5.75 Å². The lowest BCUT2D eigenvalue weighted by Gasteiger charge is -2.27. The molecule has 0 saturated carbocycles. The minimum Gasteiger partial charge on any atom is -0.487 e. The summed E-state index contributed by atoms with van der Waals surface area (Å²) < 4.78 is 19.4. The van der Waals surface area contributed by atoms with Crippen LogP contribution in [-0.4, -0.2) is 5.60 Å². The SMILES string of the molecule is CCC(C)(C)Oc1cccc(F)c1[C@@H](C)N. The van der Waals surface area contributed by atoms with Gasteiger partial charge in [0.1, 0.15) is 17.2 Å². The van der Waals surface area contributed by atoms with Gasteiger partial charge in [0.2, 0.25) is 0 Å². The van der Waals surface area contributed by atoms with Crippen LogP contribution in [0.15, 0.2) is 18.2 Å². The number of nitrogens with two attached hydrogens (primary N) is 1. The summed E-state index contributed by atoms with van der Waals surface area (Å²) in [4.78, 5) is 0. The molecule has 0 aliphatic heterocycles. The number of ether oxygens (including phenoxy) is 1. The molecule has 3 heteroatoms. The van der Waals surface area contributed by atoms with Crippen LogP contribution in [0.25, 0.3) is 0 Å². The second-order valence-electron chi connectivity index (χ2n) is 4.66. The van der Waals surface area contributed by atoms with E-state index < -0.39 is 0 Å². The molecular weight excluding hydrogens is 205 g/mol. The Morgan fingerprint density at radius 3 is 2.56 bits per heavy atom. The molecule has 0 aromatic heterocycles. The summed E-state index contributed by atoms with van der Waals surface area (Å²) in [6.45, 7) is 7.74. The Morgan fingerprint density at radius 1 is 1.44 bits per heavy atom. The van der Waals surface area contributed by atoms with Crippen molar-refractivity contribution in [1.82, 2.24) is 0 Å². The topological polar surface area (TPSA) is 35.2 Å². The first kappa shape index (κ1) is 13.0. The average Bonchev–Trinajstić information content (AvgIpc) is 2.16. The zero-order valence-corrected chi connectivity index (χ0v) is 10.4. The van der Waals surface area contributed by atoms with Gasteiger partial charge >= 0.3 is 0 Å². The van der Waals surface area contributed by atoms with Crippen LogP contribution in [0, 0.1) is 5.82 Å². The number of rotatable bonds is 4. The molecule has 16 heavy (non-hydrogen) atoms. The van der Waals surface area contributed by atoms with Gasteiger partial charge in [-0.15, -0.1) is 0 Å². The fourth-order valence-electron chi connectivity index (χ4n) is 1.42. The highest BCUT2D eigenvalue weighted by Crippen LogP contribution is 2.30. The molecule has 0 radical (unpaired) electrons. The second kappa shape index (κ2) is 4.83. The van der Waals surface area contributed by atoms with Crippen molar-refractivity contribution in [1.29, 1.82) is 0 Å². The van der Waals surface area contributed by atoms with Crippen molar-refractivity contribution in [2.45, 2.75) is 45.8 Å². The van der Waals surface area contributed by atoms with Gasteiger partial charge in [-0.1, -0.05) is 13.0 Å². The van der Waals surface area contributed by atoms with Gasteiger partial charge in [0.05, 0.1) is 0 Å². The Morgan fingerprint density at radius 2 is 2.06 bits per heavy atom. The highest BCUT2D eigenvalue weighted by atomic mass is 19.1. The van der Waals surface area contributed by atoms with Gasteiger partial charge in [-0.3, -0.25) is 0 Å². The molecule has 0 amide bonds. The number of halogens is 1. The normalized spacial score (nSPS) is 13.6. The monoisotopic (exact) mass is 225 g/mol. The first-order valence-corrected chi connectivity index (χ1v) is 5.60. The van der Waals surface area contributed by atoms with E-state index in [4.69, 9.17) is 10.5 Å². The number of hydrogen-bond donors (Lipinski definition) is 1. The number of benzene rings is 1. The maximum absolute atomic E-state index is 13.6. The number of hydrogen-bond acceptors (Lipinski definition) is 2. The molecule has 2 nitrogen and oxygen atoms in total. The maximum Gasteiger partial charge on any atom is 0.131 e. The molecule has 1 aromatic rings. The summed E-state index contributed by atoms with van der Waals surface area (Å²) in [7, 11) is 0. The Labute approximate surface area is 96.6 Å². The van der Waals surface area contributed by atoms with Gasteiger partial charge in [-0.05, 0) is 39.3 Å². The Balaban J connectivity index is 3.09. The van der Waals surface area contributed by atoms with Gasteiger partial charge in [0, 0.05) is 11.6 Å². The first-order chi connectivity index (χ1) is 7.37. The van der Waals surface area contributed by atoms with Crippen LogP contribution < -0.4 is 10.5 Å². The minimum atomic E-state index is -0.371. The smallest absolute Gasteiger partial charge is 0.131 e. The summed E-state index contributed by atoms with van der Waals surface area (Å²) in [6, 6.07) is 4.44. The van der Waals surface area contributed by atoms with E-state index in [0.29, 0.717) is 11.3 Å². The third-order valence-corrected chi connectivity index (χ3v) is 2.71. The highest BCUT2D eigenvalue weighted by molar-refractivity contribution is 5.37. The molecule has 0 saturated heterocycles.